The van der Waals surface area contributed by atoms with Crippen LogP contribution in [0.25, 0.3) is 22.4 Å². The molecule has 0 aliphatic heterocycles. The van der Waals surface area contributed by atoms with Crippen molar-refractivity contribution in [2.24, 2.45) is 5.92 Å². The molecule has 0 saturated heterocycles. The predicted octanol–water partition coefficient (Wildman–Crippen LogP) is 8.88. The molecule has 224 valence electrons. The molecular formula is C37H42N2O3S. The van der Waals surface area contributed by atoms with E-state index in [4.69, 9.17) is 4.98 Å². The van der Waals surface area contributed by atoms with Gasteiger partial charge in [0, 0.05) is 28.6 Å². The second kappa shape index (κ2) is 13.3. The number of hydrogen-bond acceptors (Lipinski definition) is 4. The zero-order valence-corrected chi connectivity index (χ0v) is 26.4. The highest BCUT2D eigenvalue weighted by molar-refractivity contribution is 7.14. The maximum absolute atomic E-state index is 12.8. The number of benzene rings is 2. The van der Waals surface area contributed by atoms with Crippen LogP contribution < -0.4 is 5.32 Å². The molecule has 5 rings (SSSR count). The van der Waals surface area contributed by atoms with Crippen molar-refractivity contribution in [1.29, 1.82) is 0 Å². The third-order valence-corrected chi connectivity index (χ3v) is 10.3. The van der Waals surface area contributed by atoms with E-state index in [1.54, 1.807) is 6.07 Å². The van der Waals surface area contributed by atoms with Crippen LogP contribution in [0, 0.1) is 5.92 Å². The summed E-state index contributed by atoms with van der Waals surface area (Å²) in [7, 11) is 0. The smallest absolute Gasteiger partial charge is 0.326 e. The third kappa shape index (κ3) is 7.61. The Balaban J connectivity index is 1.19. The van der Waals surface area contributed by atoms with E-state index in [2.05, 4.69) is 63.3 Å². The summed E-state index contributed by atoms with van der Waals surface area (Å²) in [6.45, 7) is 8.57. The van der Waals surface area contributed by atoms with Crippen LogP contribution in [0.4, 0.5) is 0 Å². The number of hydrogen-bond donors (Lipinski definition) is 2. The molecule has 2 aromatic heterocycles. The van der Waals surface area contributed by atoms with E-state index in [0.717, 1.165) is 33.2 Å². The standard InChI is InChI=1S/C37H42N2O3S/c1-5-24-6-10-26(11-7-24)27-14-16-28(17-15-27)30-18-19-31(38-23-30)29-12-8-25(9-13-29)22-32(36(41)42)39-35(40)33-20-21-34(43-33)37(2,3)4/h8-9,12-21,23-24,26,32H,5-7,10-11,22H2,1-4H3,(H,39,40)(H,41,42)/t24?,26?,32-/m0/s1. The highest BCUT2D eigenvalue weighted by atomic mass is 32.1. The Morgan fingerprint density at radius 3 is 2.09 bits per heavy atom. The van der Waals surface area contributed by atoms with E-state index in [1.165, 1.54) is 54.6 Å². The Morgan fingerprint density at radius 2 is 1.53 bits per heavy atom. The number of rotatable bonds is 9. The topological polar surface area (TPSA) is 79.3 Å². The Hall–Kier alpha value is -3.77. The van der Waals surface area contributed by atoms with Gasteiger partial charge in [-0.1, -0.05) is 88.7 Å². The predicted molar refractivity (Wildman–Crippen MR) is 176 cm³/mol. The Morgan fingerprint density at radius 1 is 0.884 bits per heavy atom. The molecule has 0 bridgehead atoms. The van der Waals surface area contributed by atoms with Crippen molar-refractivity contribution in [3.63, 3.8) is 0 Å². The van der Waals surface area contributed by atoms with Gasteiger partial charge in [0.05, 0.1) is 10.6 Å². The lowest BCUT2D eigenvalue weighted by Crippen LogP contribution is -2.42. The molecule has 5 nitrogen and oxygen atoms in total. The quantitative estimate of drug-likeness (QED) is 0.203. The van der Waals surface area contributed by atoms with Gasteiger partial charge in [-0.25, -0.2) is 4.79 Å². The van der Waals surface area contributed by atoms with E-state index in [-0.39, 0.29) is 17.7 Å². The number of carbonyl (C=O) groups is 2. The van der Waals surface area contributed by atoms with Crippen LogP contribution in [0.15, 0.2) is 79.0 Å². The molecule has 1 aliphatic carbocycles. The fourth-order valence-electron chi connectivity index (χ4n) is 5.93. The average Bonchev–Trinajstić information content (AvgIpc) is 3.53. The summed E-state index contributed by atoms with van der Waals surface area (Å²) in [4.78, 5) is 31.1. The first kappa shape index (κ1) is 30.7. The normalized spacial score (nSPS) is 17.8. The molecule has 1 fully saturated rings. The maximum Gasteiger partial charge on any atom is 0.326 e. The molecule has 2 N–H and O–H groups in total. The van der Waals surface area contributed by atoms with Crippen molar-refractivity contribution in [3.05, 3.63) is 99.9 Å². The summed E-state index contributed by atoms with van der Waals surface area (Å²) in [6.07, 6.45) is 8.70. The first-order chi connectivity index (χ1) is 20.6. The first-order valence-corrected chi connectivity index (χ1v) is 16.2. The summed E-state index contributed by atoms with van der Waals surface area (Å²) < 4.78 is 0. The van der Waals surface area contributed by atoms with Gasteiger partial charge in [-0.2, -0.15) is 0 Å². The monoisotopic (exact) mass is 594 g/mol. The maximum atomic E-state index is 12.8. The van der Waals surface area contributed by atoms with Crippen molar-refractivity contribution in [2.45, 2.75) is 83.6 Å². The van der Waals surface area contributed by atoms with Crippen LogP contribution in [-0.4, -0.2) is 28.0 Å². The van der Waals surface area contributed by atoms with Crippen LogP contribution >= 0.6 is 11.3 Å². The number of aliphatic carboxylic acids is 1. The zero-order valence-electron chi connectivity index (χ0n) is 25.6. The van der Waals surface area contributed by atoms with Crippen molar-refractivity contribution in [1.82, 2.24) is 10.3 Å². The Bertz CT molecular complexity index is 1520. The number of pyridine rings is 1. The van der Waals surface area contributed by atoms with Gasteiger partial charge in [0.2, 0.25) is 0 Å². The van der Waals surface area contributed by atoms with Gasteiger partial charge >= 0.3 is 5.97 Å². The number of carboxylic acids is 1. The number of thiophene rings is 1. The van der Waals surface area contributed by atoms with E-state index >= 15 is 0 Å². The SMILES string of the molecule is CCC1CCC(c2ccc(-c3ccc(-c4ccc(C[C@H](NC(=O)c5ccc(C(C)(C)C)s5)C(=O)O)cc4)nc3)cc2)CC1. The molecular weight excluding hydrogens is 552 g/mol. The van der Waals surface area contributed by atoms with Crippen molar-refractivity contribution < 1.29 is 14.7 Å². The Kier molecular flexibility index (Phi) is 9.46. The second-order valence-electron chi connectivity index (χ2n) is 12.9. The van der Waals surface area contributed by atoms with E-state index in [0.29, 0.717) is 10.8 Å². The van der Waals surface area contributed by atoms with Crippen LogP contribution in [0.5, 0.6) is 0 Å². The van der Waals surface area contributed by atoms with Crippen LogP contribution in [-0.2, 0) is 16.6 Å². The number of amides is 1. The molecule has 1 saturated carbocycles. The average molecular weight is 595 g/mol. The van der Waals surface area contributed by atoms with Gasteiger partial charge in [0.25, 0.3) is 5.91 Å². The highest BCUT2D eigenvalue weighted by Crippen LogP contribution is 2.37. The van der Waals surface area contributed by atoms with Crippen molar-refractivity contribution in [3.8, 4) is 22.4 Å². The van der Waals surface area contributed by atoms with Gasteiger partial charge in [-0.3, -0.25) is 9.78 Å². The minimum Gasteiger partial charge on any atom is -0.480 e. The first-order valence-electron chi connectivity index (χ1n) is 15.4. The summed E-state index contributed by atoms with van der Waals surface area (Å²) in [5.74, 6) is 0.177. The molecule has 1 atom stereocenters. The van der Waals surface area contributed by atoms with E-state index in [1.807, 2.05) is 42.6 Å². The van der Waals surface area contributed by atoms with Gasteiger partial charge in [-0.15, -0.1) is 11.3 Å². The number of nitrogens with one attached hydrogen (secondary N) is 1. The Labute approximate surface area is 259 Å². The lowest BCUT2D eigenvalue weighted by molar-refractivity contribution is -0.139. The fourth-order valence-corrected chi connectivity index (χ4v) is 6.89. The minimum absolute atomic E-state index is 0.0646. The van der Waals surface area contributed by atoms with Gasteiger partial charge in [0.15, 0.2) is 0 Å². The van der Waals surface area contributed by atoms with Crippen LogP contribution in [0.2, 0.25) is 0 Å². The molecule has 2 heterocycles. The largest absolute Gasteiger partial charge is 0.480 e. The molecule has 2 aromatic carbocycles. The number of carboxylic acid groups (broad SMARTS) is 1. The second-order valence-corrected chi connectivity index (χ2v) is 13.9. The van der Waals surface area contributed by atoms with Crippen molar-refractivity contribution >= 4 is 23.2 Å². The lowest BCUT2D eigenvalue weighted by Gasteiger charge is -2.28. The summed E-state index contributed by atoms with van der Waals surface area (Å²) in [6, 6.07) is 23.5. The molecule has 0 radical (unpaired) electrons. The van der Waals surface area contributed by atoms with Crippen molar-refractivity contribution in [2.75, 3.05) is 0 Å². The number of nitrogens with zero attached hydrogens (tertiary/aromatic N) is 1. The zero-order chi connectivity index (χ0) is 30.6. The molecule has 43 heavy (non-hydrogen) atoms. The number of carbonyl (C=O) groups excluding carboxylic acids is 1. The van der Waals surface area contributed by atoms with Gasteiger partial charge in [-0.05, 0) is 77.8 Å². The summed E-state index contributed by atoms with van der Waals surface area (Å²) in [5.41, 5.74) is 6.28. The lowest BCUT2D eigenvalue weighted by atomic mass is 9.78. The van der Waals surface area contributed by atoms with Gasteiger partial charge < -0.3 is 10.4 Å². The molecule has 4 aromatic rings. The molecule has 0 unspecified atom stereocenters. The molecule has 1 aliphatic rings. The van der Waals surface area contributed by atoms with E-state index < -0.39 is 12.0 Å². The molecule has 1 amide bonds. The minimum atomic E-state index is -1.06. The fraction of sp³-hybridized carbons (Fsp3) is 0.378. The molecule has 6 heteroatoms. The van der Waals surface area contributed by atoms with Gasteiger partial charge in [0.1, 0.15) is 6.04 Å². The highest BCUT2D eigenvalue weighted by Gasteiger charge is 2.24. The van der Waals surface area contributed by atoms with E-state index in [9.17, 15) is 14.7 Å². The summed E-state index contributed by atoms with van der Waals surface area (Å²) >= 11 is 1.40. The third-order valence-electron chi connectivity index (χ3n) is 8.76. The van der Waals surface area contributed by atoms with Crippen LogP contribution in [0.1, 0.15) is 91.4 Å². The molecule has 0 spiro atoms. The summed E-state index contributed by atoms with van der Waals surface area (Å²) in [5, 5.41) is 12.5. The number of aromatic nitrogens is 1. The van der Waals surface area contributed by atoms with Crippen LogP contribution in [0.3, 0.4) is 0 Å².